The van der Waals surface area contributed by atoms with E-state index in [0.717, 1.165) is 19.5 Å². The topological polar surface area (TPSA) is 29.5 Å². The number of rotatable bonds is 1. The monoisotopic (exact) mass is 171 g/mol. The molecule has 0 aromatic heterocycles. The zero-order chi connectivity index (χ0) is 9.14. The van der Waals surface area contributed by atoms with Gasteiger partial charge in [-0.2, -0.15) is 0 Å². The Labute approximate surface area is 73.7 Å². The third-order valence-electron chi connectivity index (χ3n) is 2.60. The molecule has 1 atom stereocenters. The van der Waals surface area contributed by atoms with Gasteiger partial charge in [0.1, 0.15) is 0 Å². The molecule has 0 saturated carbocycles. The Morgan fingerprint density at radius 3 is 2.67 bits per heavy atom. The largest absolute Gasteiger partial charge is 0.453 e. The van der Waals surface area contributed by atoms with Gasteiger partial charge in [-0.15, -0.1) is 0 Å². The lowest BCUT2D eigenvalue weighted by atomic mass is 9.95. The van der Waals surface area contributed by atoms with Crippen LogP contribution < -0.4 is 0 Å². The summed E-state index contributed by atoms with van der Waals surface area (Å²) >= 11 is 0. The first-order valence-electron chi connectivity index (χ1n) is 4.48. The van der Waals surface area contributed by atoms with E-state index in [0.29, 0.717) is 11.8 Å². The highest BCUT2D eigenvalue weighted by molar-refractivity contribution is 5.67. The molecule has 0 radical (unpaired) electrons. The third kappa shape index (κ3) is 1.90. The predicted octanol–water partition coefficient (Wildman–Crippen LogP) is 1.73. The van der Waals surface area contributed by atoms with Crippen molar-refractivity contribution in [3.63, 3.8) is 0 Å². The number of hydrogen-bond acceptors (Lipinski definition) is 2. The van der Waals surface area contributed by atoms with Crippen LogP contribution in [0.2, 0.25) is 0 Å². The molecule has 1 rings (SSSR count). The molecule has 0 aliphatic carbocycles. The van der Waals surface area contributed by atoms with Crippen molar-refractivity contribution in [1.82, 2.24) is 4.90 Å². The highest BCUT2D eigenvalue weighted by Crippen LogP contribution is 2.23. The summed E-state index contributed by atoms with van der Waals surface area (Å²) in [6.07, 6.45) is 0.936. The number of carbonyl (C=O) groups is 1. The van der Waals surface area contributed by atoms with Gasteiger partial charge in [0, 0.05) is 13.1 Å². The molecule has 0 spiro atoms. The zero-order valence-corrected chi connectivity index (χ0v) is 8.04. The van der Waals surface area contributed by atoms with Gasteiger partial charge in [0.2, 0.25) is 0 Å². The molecule has 0 bridgehead atoms. The molecule has 0 aromatic rings. The Hall–Kier alpha value is -0.730. The Kier molecular flexibility index (Phi) is 2.95. The first-order valence-corrected chi connectivity index (χ1v) is 4.48. The maximum atomic E-state index is 11.1. The third-order valence-corrected chi connectivity index (χ3v) is 2.60. The average Bonchev–Trinajstić information content (AvgIpc) is 2.51. The van der Waals surface area contributed by atoms with E-state index in [9.17, 15) is 4.79 Å². The number of amides is 1. The smallest absolute Gasteiger partial charge is 0.409 e. The molecule has 3 nitrogen and oxygen atoms in total. The number of hydrogen-bond donors (Lipinski definition) is 0. The molecule has 1 aliphatic rings. The summed E-state index contributed by atoms with van der Waals surface area (Å²) in [5, 5.41) is 0. The van der Waals surface area contributed by atoms with Gasteiger partial charge in [0.15, 0.2) is 0 Å². The number of nitrogens with zero attached hydrogens (tertiary/aromatic N) is 1. The fourth-order valence-corrected chi connectivity index (χ4v) is 1.63. The van der Waals surface area contributed by atoms with E-state index in [4.69, 9.17) is 0 Å². The number of methoxy groups -OCH3 is 1. The highest BCUT2D eigenvalue weighted by Gasteiger charge is 2.28. The van der Waals surface area contributed by atoms with Crippen LogP contribution in [0.15, 0.2) is 0 Å². The summed E-state index contributed by atoms with van der Waals surface area (Å²) in [5.74, 6) is 1.32. The van der Waals surface area contributed by atoms with Crippen LogP contribution in [0.25, 0.3) is 0 Å². The first-order chi connectivity index (χ1) is 5.65. The summed E-state index contributed by atoms with van der Waals surface area (Å²) in [7, 11) is 1.44. The van der Waals surface area contributed by atoms with Gasteiger partial charge < -0.3 is 9.64 Å². The van der Waals surface area contributed by atoms with Crippen molar-refractivity contribution in [2.75, 3.05) is 20.2 Å². The van der Waals surface area contributed by atoms with Crippen molar-refractivity contribution in [2.45, 2.75) is 20.3 Å². The van der Waals surface area contributed by atoms with Gasteiger partial charge in [-0.25, -0.2) is 4.79 Å². The molecule has 1 amide bonds. The lowest BCUT2D eigenvalue weighted by Crippen LogP contribution is -2.28. The second-order valence-electron chi connectivity index (χ2n) is 3.71. The van der Waals surface area contributed by atoms with E-state index >= 15 is 0 Å². The molecule has 70 valence electrons. The van der Waals surface area contributed by atoms with Gasteiger partial charge >= 0.3 is 6.09 Å². The Bertz CT molecular complexity index is 168. The summed E-state index contributed by atoms with van der Waals surface area (Å²) in [4.78, 5) is 12.9. The fourth-order valence-electron chi connectivity index (χ4n) is 1.63. The van der Waals surface area contributed by atoms with Crippen LogP contribution in [-0.4, -0.2) is 31.2 Å². The van der Waals surface area contributed by atoms with E-state index in [1.807, 2.05) is 0 Å². The highest BCUT2D eigenvalue weighted by atomic mass is 16.5. The molecule has 3 heteroatoms. The first kappa shape index (κ1) is 9.36. The molecule has 1 saturated heterocycles. The number of ether oxygens (including phenoxy) is 1. The van der Waals surface area contributed by atoms with E-state index in [2.05, 4.69) is 18.6 Å². The minimum atomic E-state index is -0.182. The van der Waals surface area contributed by atoms with Gasteiger partial charge in [-0.1, -0.05) is 13.8 Å². The Morgan fingerprint density at radius 1 is 1.58 bits per heavy atom. The average molecular weight is 171 g/mol. The van der Waals surface area contributed by atoms with Crippen LogP contribution in [-0.2, 0) is 4.74 Å². The number of carbonyl (C=O) groups excluding carboxylic acids is 1. The quantitative estimate of drug-likeness (QED) is 0.601. The standard InChI is InChI=1S/C9H17NO2/c1-7(2)8-4-5-10(6-8)9(11)12-3/h7-8H,4-6H2,1-3H3. The summed E-state index contributed by atoms with van der Waals surface area (Å²) in [6.45, 7) is 6.12. The molecule has 12 heavy (non-hydrogen) atoms. The van der Waals surface area contributed by atoms with Gasteiger partial charge in [-0.05, 0) is 18.3 Å². The van der Waals surface area contributed by atoms with E-state index in [1.165, 1.54) is 7.11 Å². The van der Waals surface area contributed by atoms with E-state index < -0.39 is 0 Å². The molecule has 1 unspecified atom stereocenters. The molecular weight excluding hydrogens is 154 g/mol. The summed E-state index contributed by atoms with van der Waals surface area (Å²) in [6, 6.07) is 0. The lowest BCUT2D eigenvalue weighted by molar-refractivity contribution is 0.130. The van der Waals surface area contributed by atoms with Crippen LogP contribution in [0.5, 0.6) is 0 Å². The van der Waals surface area contributed by atoms with E-state index in [-0.39, 0.29) is 6.09 Å². The van der Waals surface area contributed by atoms with Gasteiger partial charge in [0.25, 0.3) is 0 Å². The van der Waals surface area contributed by atoms with Crippen LogP contribution in [0.4, 0.5) is 4.79 Å². The molecule has 1 heterocycles. The van der Waals surface area contributed by atoms with Gasteiger partial charge in [0.05, 0.1) is 7.11 Å². The van der Waals surface area contributed by atoms with Crippen LogP contribution in [0.3, 0.4) is 0 Å². The van der Waals surface area contributed by atoms with Crippen LogP contribution in [0, 0.1) is 11.8 Å². The molecular formula is C9H17NO2. The molecule has 1 aliphatic heterocycles. The second kappa shape index (κ2) is 3.78. The van der Waals surface area contributed by atoms with Crippen molar-refractivity contribution in [2.24, 2.45) is 11.8 Å². The molecule has 0 N–H and O–H groups in total. The van der Waals surface area contributed by atoms with Crippen LogP contribution >= 0.6 is 0 Å². The Morgan fingerprint density at radius 2 is 2.25 bits per heavy atom. The minimum Gasteiger partial charge on any atom is -0.453 e. The normalized spacial score (nSPS) is 23.3. The number of likely N-dealkylation sites (tertiary alicyclic amines) is 1. The molecule has 1 fully saturated rings. The van der Waals surface area contributed by atoms with E-state index in [1.54, 1.807) is 4.90 Å². The zero-order valence-electron chi connectivity index (χ0n) is 8.04. The van der Waals surface area contributed by atoms with Crippen molar-refractivity contribution < 1.29 is 9.53 Å². The maximum Gasteiger partial charge on any atom is 0.409 e. The van der Waals surface area contributed by atoms with Gasteiger partial charge in [-0.3, -0.25) is 0 Å². The fraction of sp³-hybridized carbons (Fsp3) is 0.889. The maximum absolute atomic E-state index is 11.1. The predicted molar refractivity (Wildman–Crippen MR) is 46.9 cm³/mol. The Balaban J connectivity index is 2.40. The van der Waals surface area contributed by atoms with Crippen molar-refractivity contribution in [1.29, 1.82) is 0 Å². The summed E-state index contributed by atoms with van der Waals surface area (Å²) < 4.78 is 4.65. The summed E-state index contributed by atoms with van der Waals surface area (Å²) in [5.41, 5.74) is 0. The minimum absolute atomic E-state index is 0.182. The second-order valence-corrected chi connectivity index (χ2v) is 3.71. The molecule has 0 aromatic carbocycles. The van der Waals surface area contributed by atoms with Crippen molar-refractivity contribution >= 4 is 6.09 Å². The van der Waals surface area contributed by atoms with Crippen molar-refractivity contribution in [3.05, 3.63) is 0 Å². The van der Waals surface area contributed by atoms with Crippen LogP contribution in [0.1, 0.15) is 20.3 Å². The van der Waals surface area contributed by atoms with Crippen molar-refractivity contribution in [3.8, 4) is 0 Å². The lowest BCUT2D eigenvalue weighted by Gasteiger charge is -2.16. The SMILES string of the molecule is COC(=O)N1CCC(C(C)C)C1.